The molecule has 3 nitrogen and oxygen atoms in total. The van der Waals surface area contributed by atoms with Crippen LogP contribution in [0.5, 0.6) is 0 Å². The quantitative estimate of drug-likeness (QED) is 0.432. The van der Waals surface area contributed by atoms with E-state index in [2.05, 4.69) is 48.5 Å². The Kier molecular flexibility index (Phi) is 6.18. The van der Waals surface area contributed by atoms with E-state index in [1.54, 1.807) is 7.11 Å². The number of fused-ring (bicyclic) bond motifs is 4. The molecule has 1 aliphatic heterocycles. The van der Waals surface area contributed by atoms with Crippen molar-refractivity contribution < 1.29 is 14.6 Å². The zero-order chi connectivity index (χ0) is 24.7. The van der Waals surface area contributed by atoms with Crippen molar-refractivity contribution in [1.29, 1.82) is 0 Å². The molecule has 34 heavy (non-hydrogen) atoms. The van der Waals surface area contributed by atoms with Gasteiger partial charge >= 0.3 is 0 Å². The van der Waals surface area contributed by atoms with E-state index in [-0.39, 0.29) is 23.2 Å². The largest absolute Gasteiger partial charge is 0.393 e. The predicted molar refractivity (Wildman–Crippen MR) is 138 cm³/mol. The Morgan fingerprint density at radius 1 is 0.912 bits per heavy atom. The highest BCUT2D eigenvalue weighted by molar-refractivity contribution is 5.38. The van der Waals surface area contributed by atoms with Gasteiger partial charge in [0, 0.05) is 13.0 Å². The first-order valence-electron chi connectivity index (χ1n) is 14.5. The Morgan fingerprint density at radius 2 is 1.65 bits per heavy atom. The van der Waals surface area contributed by atoms with Crippen LogP contribution in [0, 0.1) is 45.3 Å². The van der Waals surface area contributed by atoms with E-state index in [0.717, 1.165) is 12.3 Å². The Hall–Kier alpha value is -0.380. The van der Waals surface area contributed by atoms with Gasteiger partial charge in [0.1, 0.15) is 0 Å². The summed E-state index contributed by atoms with van der Waals surface area (Å²) in [4.78, 5) is 0. The molecule has 1 saturated heterocycles. The Labute approximate surface area is 209 Å². The van der Waals surface area contributed by atoms with Gasteiger partial charge in [-0.25, -0.2) is 0 Å². The zero-order valence-electron chi connectivity index (χ0n) is 23.4. The molecule has 5 aliphatic rings. The second-order valence-electron chi connectivity index (χ2n) is 14.4. The summed E-state index contributed by atoms with van der Waals surface area (Å²) >= 11 is 0. The first kappa shape index (κ1) is 25.3. The Morgan fingerprint density at radius 3 is 2.35 bits per heavy atom. The molecule has 0 aromatic heterocycles. The highest BCUT2D eigenvalue weighted by atomic mass is 16.7. The van der Waals surface area contributed by atoms with Gasteiger partial charge in [-0.1, -0.05) is 59.6 Å². The fourth-order valence-corrected chi connectivity index (χ4v) is 10.4. The van der Waals surface area contributed by atoms with E-state index in [9.17, 15) is 5.11 Å². The molecule has 10 atom stereocenters. The molecule has 3 fully saturated rings. The number of aliphatic hydroxyl groups excluding tert-OH is 1. The van der Waals surface area contributed by atoms with Crippen molar-refractivity contribution >= 4 is 0 Å². The van der Waals surface area contributed by atoms with Crippen LogP contribution in [-0.2, 0) is 9.47 Å². The summed E-state index contributed by atoms with van der Waals surface area (Å²) in [5, 5.41) is 10.9. The molecular formula is C31H52O3. The molecule has 0 amide bonds. The van der Waals surface area contributed by atoms with Crippen molar-refractivity contribution in [1.82, 2.24) is 0 Å². The number of hydrogen-bond donors (Lipinski definition) is 1. The third kappa shape index (κ3) is 3.31. The van der Waals surface area contributed by atoms with Gasteiger partial charge in [0.25, 0.3) is 0 Å². The molecule has 1 heterocycles. The first-order chi connectivity index (χ1) is 15.9. The second kappa shape index (κ2) is 8.32. The summed E-state index contributed by atoms with van der Waals surface area (Å²) in [7, 11) is 1.81. The average Bonchev–Trinajstić information content (AvgIpc) is 3.08. The smallest absolute Gasteiger partial charge is 0.160 e. The number of ether oxygens (including phenoxy) is 2. The molecule has 1 N–H and O–H groups in total. The summed E-state index contributed by atoms with van der Waals surface area (Å²) in [6, 6.07) is 0. The van der Waals surface area contributed by atoms with Crippen molar-refractivity contribution in [2.75, 3.05) is 7.11 Å². The monoisotopic (exact) mass is 472 g/mol. The molecule has 0 aromatic carbocycles. The molecule has 2 saturated carbocycles. The van der Waals surface area contributed by atoms with Gasteiger partial charge in [0.15, 0.2) is 6.29 Å². The molecule has 0 bridgehead atoms. The third-order valence-electron chi connectivity index (χ3n) is 12.9. The van der Waals surface area contributed by atoms with Crippen LogP contribution in [0.4, 0.5) is 0 Å². The molecule has 1 unspecified atom stereocenters. The fraction of sp³-hybridized carbons (Fsp3) is 0.935. The summed E-state index contributed by atoms with van der Waals surface area (Å²) in [5.74, 6) is 2.40. The highest BCUT2D eigenvalue weighted by Gasteiger charge is 2.63. The van der Waals surface area contributed by atoms with Crippen molar-refractivity contribution in [2.24, 2.45) is 45.3 Å². The molecule has 194 valence electrons. The van der Waals surface area contributed by atoms with Gasteiger partial charge in [0.05, 0.1) is 12.2 Å². The van der Waals surface area contributed by atoms with Gasteiger partial charge in [-0.15, -0.1) is 0 Å². The van der Waals surface area contributed by atoms with Crippen molar-refractivity contribution in [2.45, 2.75) is 131 Å². The van der Waals surface area contributed by atoms with Crippen LogP contribution < -0.4 is 0 Å². The van der Waals surface area contributed by atoms with E-state index >= 15 is 0 Å². The van der Waals surface area contributed by atoms with Crippen LogP contribution in [-0.4, -0.2) is 30.7 Å². The van der Waals surface area contributed by atoms with Gasteiger partial charge < -0.3 is 14.6 Å². The number of rotatable bonds is 3. The minimum Gasteiger partial charge on any atom is -0.393 e. The maximum Gasteiger partial charge on any atom is 0.160 e. The predicted octanol–water partition coefficient (Wildman–Crippen LogP) is 7.52. The zero-order valence-corrected chi connectivity index (χ0v) is 23.4. The van der Waals surface area contributed by atoms with Crippen LogP contribution in [0.15, 0.2) is 11.1 Å². The maximum atomic E-state index is 10.9. The van der Waals surface area contributed by atoms with Crippen LogP contribution in [0.25, 0.3) is 0 Å². The standard InChI is InChI=1S/C31H52O3/c1-19-9-11-24(34-27(19)33-8)20(2)21-13-17-31(7)23-10-12-25-28(3,4)26(32)15-16-29(25,5)22(23)14-18-30(21,31)6/h19-21,24-27,32H,9-18H2,1-8H3/t19-,20+,21-,24+,25+,26-,27?,29-,30-,31+/m1/s1. The van der Waals surface area contributed by atoms with E-state index in [1.807, 2.05) is 11.1 Å². The molecule has 5 rings (SSSR count). The first-order valence-corrected chi connectivity index (χ1v) is 14.5. The number of allylic oxidation sites excluding steroid dienone is 2. The Bertz CT molecular complexity index is 831. The summed E-state index contributed by atoms with van der Waals surface area (Å²) in [5.41, 5.74) is 4.63. The van der Waals surface area contributed by atoms with Crippen molar-refractivity contribution in [3.05, 3.63) is 11.1 Å². The molecule has 0 radical (unpaired) electrons. The van der Waals surface area contributed by atoms with Crippen molar-refractivity contribution in [3.63, 3.8) is 0 Å². The van der Waals surface area contributed by atoms with Crippen LogP contribution in [0.3, 0.4) is 0 Å². The van der Waals surface area contributed by atoms with E-state index in [0.29, 0.717) is 34.7 Å². The highest BCUT2D eigenvalue weighted by Crippen LogP contribution is 2.72. The number of aliphatic hydroxyl groups is 1. The lowest BCUT2D eigenvalue weighted by atomic mass is 9.43. The van der Waals surface area contributed by atoms with Crippen LogP contribution in [0.2, 0.25) is 0 Å². The molecule has 0 aromatic rings. The lowest BCUT2D eigenvalue weighted by Gasteiger charge is -2.62. The minimum atomic E-state index is -0.150. The van der Waals surface area contributed by atoms with Gasteiger partial charge in [0.2, 0.25) is 0 Å². The second-order valence-corrected chi connectivity index (χ2v) is 14.4. The third-order valence-corrected chi connectivity index (χ3v) is 12.9. The van der Waals surface area contributed by atoms with Gasteiger partial charge in [-0.2, -0.15) is 0 Å². The normalized spacial score (nSPS) is 51.4. The SMILES string of the molecule is COC1O[C@H]([C@@H](C)[C@H]2CC[C@@]3(C)C4=C(CC[C@]23C)[C@@]2(C)CC[C@@H](O)C(C)(C)[C@@H]2CC4)CC[C@H]1C. The van der Waals surface area contributed by atoms with Crippen molar-refractivity contribution in [3.8, 4) is 0 Å². The molecule has 0 spiro atoms. The maximum absolute atomic E-state index is 10.9. The molecular weight excluding hydrogens is 420 g/mol. The van der Waals surface area contributed by atoms with Crippen LogP contribution in [0.1, 0.15) is 113 Å². The van der Waals surface area contributed by atoms with Gasteiger partial charge in [-0.05, 0) is 104 Å². The average molecular weight is 473 g/mol. The summed E-state index contributed by atoms with van der Waals surface area (Å²) < 4.78 is 12.3. The van der Waals surface area contributed by atoms with E-state index in [1.165, 1.54) is 57.8 Å². The summed E-state index contributed by atoms with van der Waals surface area (Å²) in [6.07, 6.45) is 12.4. The minimum absolute atomic E-state index is 0.0211. The number of hydrogen-bond acceptors (Lipinski definition) is 3. The molecule has 4 aliphatic carbocycles. The van der Waals surface area contributed by atoms with Crippen LogP contribution >= 0.6 is 0 Å². The topological polar surface area (TPSA) is 38.7 Å². The Balaban J connectivity index is 1.44. The van der Waals surface area contributed by atoms with E-state index < -0.39 is 0 Å². The summed E-state index contributed by atoms with van der Waals surface area (Å²) in [6.45, 7) is 17.3. The lowest BCUT2D eigenvalue weighted by Crippen LogP contribution is -2.55. The van der Waals surface area contributed by atoms with E-state index in [4.69, 9.17) is 9.47 Å². The lowest BCUT2D eigenvalue weighted by molar-refractivity contribution is -0.223. The molecule has 3 heteroatoms. The fourth-order valence-electron chi connectivity index (χ4n) is 10.4. The van der Waals surface area contributed by atoms with Gasteiger partial charge in [-0.3, -0.25) is 0 Å². The number of methoxy groups -OCH3 is 1.